The van der Waals surface area contributed by atoms with Gasteiger partial charge in [-0.3, -0.25) is 4.79 Å². The first-order chi connectivity index (χ1) is 11.7. The molecule has 0 radical (unpaired) electrons. The molecule has 0 saturated carbocycles. The Labute approximate surface area is 139 Å². The summed E-state index contributed by atoms with van der Waals surface area (Å²) in [4.78, 5) is 29.5. The monoisotopic (exact) mass is 332 g/mol. The van der Waals surface area contributed by atoms with E-state index in [9.17, 15) is 9.59 Å². The predicted octanol–water partition coefficient (Wildman–Crippen LogP) is 1.72. The number of oxazole rings is 1. The number of para-hydroxylation sites is 2. The van der Waals surface area contributed by atoms with E-state index >= 15 is 0 Å². The van der Waals surface area contributed by atoms with Gasteiger partial charge in [-0.05, 0) is 25.0 Å². The van der Waals surface area contributed by atoms with Gasteiger partial charge in [0.1, 0.15) is 12.1 Å². The molecule has 0 N–H and O–H groups in total. The number of hydrogen-bond acceptors (Lipinski definition) is 6. The van der Waals surface area contributed by atoms with Crippen LogP contribution in [-0.4, -0.2) is 55.2 Å². The molecule has 1 aliphatic heterocycles. The van der Waals surface area contributed by atoms with Gasteiger partial charge in [0.15, 0.2) is 18.1 Å². The van der Waals surface area contributed by atoms with E-state index in [-0.39, 0.29) is 25.0 Å². The normalized spacial score (nSPS) is 15.6. The lowest BCUT2D eigenvalue weighted by atomic mass is 9.97. The molecule has 1 fully saturated rings. The summed E-state index contributed by atoms with van der Waals surface area (Å²) >= 11 is 0. The Morgan fingerprint density at radius 3 is 2.71 bits per heavy atom. The van der Waals surface area contributed by atoms with E-state index < -0.39 is 5.97 Å². The van der Waals surface area contributed by atoms with E-state index in [2.05, 4.69) is 9.72 Å². The number of rotatable bonds is 5. The minimum atomic E-state index is -0.535. The van der Waals surface area contributed by atoms with Gasteiger partial charge in [-0.1, -0.05) is 12.1 Å². The molecule has 0 aliphatic carbocycles. The summed E-state index contributed by atoms with van der Waals surface area (Å²) in [5, 5.41) is 0. The topological polar surface area (TPSA) is 81.9 Å². The third-order valence-electron chi connectivity index (χ3n) is 4.13. The smallest absolute Gasteiger partial charge is 0.332 e. The number of piperidine rings is 1. The van der Waals surface area contributed by atoms with E-state index in [0.717, 1.165) is 29.8 Å². The van der Waals surface area contributed by atoms with Crippen LogP contribution in [0.3, 0.4) is 0 Å². The lowest BCUT2D eigenvalue weighted by Gasteiger charge is -2.30. The lowest BCUT2D eigenvalue weighted by Crippen LogP contribution is -2.40. The van der Waals surface area contributed by atoms with Crippen LogP contribution >= 0.6 is 0 Å². The van der Waals surface area contributed by atoms with Gasteiger partial charge in [-0.15, -0.1) is 0 Å². The SMILES string of the molecule is COCC(=O)OCC(=O)N1CCC(c2nc3ccccc3o2)CC1. The first-order valence-corrected chi connectivity index (χ1v) is 7.95. The Kier molecular flexibility index (Phi) is 5.10. The summed E-state index contributed by atoms with van der Waals surface area (Å²) < 4.78 is 15.3. The summed E-state index contributed by atoms with van der Waals surface area (Å²) in [6.45, 7) is 0.816. The highest BCUT2D eigenvalue weighted by Crippen LogP contribution is 2.29. The van der Waals surface area contributed by atoms with Gasteiger partial charge in [-0.25, -0.2) is 9.78 Å². The highest BCUT2D eigenvalue weighted by molar-refractivity contribution is 5.81. The van der Waals surface area contributed by atoms with Crippen molar-refractivity contribution in [3.8, 4) is 0 Å². The van der Waals surface area contributed by atoms with Gasteiger partial charge in [0.05, 0.1) is 0 Å². The highest BCUT2D eigenvalue weighted by atomic mass is 16.6. The van der Waals surface area contributed by atoms with Crippen molar-refractivity contribution in [2.24, 2.45) is 0 Å². The number of aromatic nitrogens is 1. The average molecular weight is 332 g/mol. The van der Waals surface area contributed by atoms with E-state index in [1.165, 1.54) is 7.11 Å². The van der Waals surface area contributed by atoms with Crippen molar-refractivity contribution in [2.45, 2.75) is 18.8 Å². The zero-order valence-corrected chi connectivity index (χ0v) is 13.6. The maximum Gasteiger partial charge on any atom is 0.332 e. The van der Waals surface area contributed by atoms with Crippen molar-refractivity contribution in [2.75, 3.05) is 33.4 Å². The lowest BCUT2D eigenvalue weighted by molar-refractivity contribution is -0.155. The molecule has 1 aliphatic rings. The minimum Gasteiger partial charge on any atom is -0.454 e. The standard InChI is InChI=1S/C17H20N2O5/c1-22-11-16(21)23-10-15(20)19-8-6-12(7-9-19)17-18-13-4-2-3-5-14(13)24-17/h2-5,12H,6-11H2,1H3. The number of esters is 1. The van der Waals surface area contributed by atoms with E-state index in [4.69, 9.17) is 9.15 Å². The number of ether oxygens (including phenoxy) is 2. The molecule has 0 bridgehead atoms. The quantitative estimate of drug-likeness (QED) is 0.776. The van der Waals surface area contributed by atoms with E-state index in [1.807, 2.05) is 24.3 Å². The zero-order chi connectivity index (χ0) is 16.9. The Morgan fingerprint density at radius 1 is 1.25 bits per heavy atom. The number of methoxy groups -OCH3 is 1. The second-order valence-electron chi connectivity index (χ2n) is 5.77. The van der Waals surface area contributed by atoms with Crippen molar-refractivity contribution in [1.29, 1.82) is 0 Å². The molecule has 24 heavy (non-hydrogen) atoms. The molecule has 0 atom stereocenters. The predicted molar refractivity (Wildman–Crippen MR) is 85.4 cm³/mol. The van der Waals surface area contributed by atoms with Gasteiger partial charge >= 0.3 is 5.97 Å². The molecule has 128 valence electrons. The van der Waals surface area contributed by atoms with Crippen LogP contribution in [0.4, 0.5) is 0 Å². The molecule has 0 spiro atoms. The fourth-order valence-electron chi connectivity index (χ4n) is 2.83. The maximum atomic E-state index is 12.1. The number of carbonyl (C=O) groups excluding carboxylic acids is 2. The van der Waals surface area contributed by atoms with Crippen LogP contribution in [0.25, 0.3) is 11.1 Å². The van der Waals surface area contributed by atoms with Crippen molar-refractivity contribution >= 4 is 23.0 Å². The van der Waals surface area contributed by atoms with Crippen molar-refractivity contribution < 1.29 is 23.5 Å². The van der Waals surface area contributed by atoms with Crippen LogP contribution in [0.2, 0.25) is 0 Å². The first-order valence-electron chi connectivity index (χ1n) is 7.95. The van der Waals surface area contributed by atoms with E-state index in [1.54, 1.807) is 4.90 Å². The van der Waals surface area contributed by atoms with Crippen molar-refractivity contribution in [3.63, 3.8) is 0 Å². The molecule has 1 aromatic heterocycles. The number of amides is 1. The number of benzene rings is 1. The molecule has 1 aromatic carbocycles. The summed E-state index contributed by atoms with van der Waals surface area (Å²) in [7, 11) is 1.40. The van der Waals surface area contributed by atoms with Gasteiger partial charge in [-0.2, -0.15) is 0 Å². The van der Waals surface area contributed by atoms with E-state index in [0.29, 0.717) is 13.1 Å². The first kappa shape index (κ1) is 16.4. The van der Waals surface area contributed by atoms with Crippen molar-refractivity contribution in [3.05, 3.63) is 30.2 Å². The third-order valence-corrected chi connectivity index (χ3v) is 4.13. The van der Waals surface area contributed by atoms with Crippen LogP contribution in [-0.2, 0) is 19.1 Å². The second-order valence-corrected chi connectivity index (χ2v) is 5.77. The van der Waals surface area contributed by atoms with Crippen LogP contribution in [0, 0.1) is 0 Å². The van der Waals surface area contributed by atoms with Gasteiger partial charge in [0.2, 0.25) is 0 Å². The molecule has 3 rings (SSSR count). The Hall–Kier alpha value is -2.41. The molecule has 7 heteroatoms. The fraction of sp³-hybridized carbons (Fsp3) is 0.471. The molecule has 7 nitrogen and oxygen atoms in total. The zero-order valence-electron chi connectivity index (χ0n) is 13.6. The van der Waals surface area contributed by atoms with Gasteiger partial charge < -0.3 is 18.8 Å². The Balaban J connectivity index is 1.51. The molecule has 2 heterocycles. The molecule has 0 unspecified atom stereocenters. The van der Waals surface area contributed by atoms with Crippen LogP contribution in [0.15, 0.2) is 28.7 Å². The fourth-order valence-corrected chi connectivity index (χ4v) is 2.83. The van der Waals surface area contributed by atoms with Crippen LogP contribution in [0.5, 0.6) is 0 Å². The van der Waals surface area contributed by atoms with Gasteiger partial charge in [0, 0.05) is 26.1 Å². The van der Waals surface area contributed by atoms with Crippen molar-refractivity contribution in [1.82, 2.24) is 9.88 Å². The molecule has 2 aromatic rings. The summed E-state index contributed by atoms with van der Waals surface area (Å²) in [6, 6.07) is 7.68. The van der Waals surface area contributed by atoms with Gasteiger partial charge in [0.25, 0.3) is 5.91 Å². The van der Waals surface area contributed by atoms with Crippen LogP contribution < -0.4 is 0 Å². The number of fused-ring (bicyclic) bond motifs is 1. The number of carbonyl (C=O) groups is 2. The average Bonchev–Trinajstić information content (AvgIpc) is 3.04. The minimum absolute atomic E-state index is 0.146. The third kappa shape index (κ3) is 3.73. The summed E-state index contributed by atoms with van der Waals surface area (Å²) in [5.74, 6) is 0.218. The Morgan fingerprint density at radius 2 is 2.00 bits per heavy atom. The number of nitrogens with zero attached hydrogens (tertiary/aromatic N) is 2. The molecule has 1 amide bonds. The molecular weight excluding hydrogens is 312 g/mol. The molecule has 1 saturated heterocycles. The Bertz CT molecular complexity index is 686. The number of hydrogen-bond donors (Lipinski definition) is 0. The van der Waals surface area contributed by atoms with Crippen LogP contribution in [0.1, 0.15) is 24.7 Å². The highest BCUT2D eigenvalue weighted by Gasteiger charge is 2.27. The number of likely N-dealkylation sites (tertiary alicyclic amines) is 1. The summed E-state index contributed by atoms with van der Waals surface area (Å²) in [6.07, 6.45) is 1.56. The second kappa shape index (κ2) is 7.44. The maximum absolute atomic E-state index is 12.1. The largest absolute Gasteiger partial charge is 0.454 e. The summed E-state index contributed by atoms with van der Waals surface area (Å²) in [5.41, 5.74) is 1.65. The molecular formula is C17H20N2O5.